The first-order valence-corrected chi connectivity index (χ1v) is 6.35. The highest BCUT2D eigenvalue weighted by Crippen LogP contribution is 2.10. The van der Waals surface area contributed by atoms with E-state index in [0.29, 0.717) is 6.42 Å². The molecule has 0 amide bonds. The molecule has 0 atom stereocenters. The zero-order valence-corrected chi connectivity index (χ0v) is 10.7. The Morgan fingerprint density at radius 2 is 1.24 bits per heavy atom. The van der Waals surface area contributed by atoms with Gasteiger partial charge in [-0.2, -0.15) is 0 Å². The molecule has 0 aromatic heterocycles. The van der Waals surface area contributed by atoms with Crippen LogP contribution >= 0.6 is 0 Å². The summed E-state index contributed by atoms with van der Waals surface area (Å²) in [6.07, 6.45) is 11.5. The van der Waals surface area contributed by atoms with Crippen LogP contribution in [0, 0.1) is 0 Å². The number of carboxylic acids is 1. The summed E-state index contributed by atoms with van der Waals surface area (Å²) in [4.78, 5) is 10.2. The van der Waals surface area contributed by atoms with E-state index in [1.807, 2.05) is 0 Å². The van der Waals surface area contributed by atoms with Crippen LogP contribution in [0.15, 0.2) is 0 Å². The van der Waals surface area contributed by atoms with Crippen molar-refractivity contribution in [2.45, 2.75) is 71.1 Å². The number of hydrogen-bond acceptors (Lipinski definition) is 4. The third-order valence-electron chi connectivity index (χ3n) is 2.49. The summed E-state index contributed by atoms with van der Waals surface area (Å²) in [5, 5.41) is 23.9. The third-order valence-corrected chi connectivity index (χ3v) is 2.49. The first-order chi connectivity index (χ1) is 8.18. The molecule has 5 nitrogen and oxygen atoms in total. The van der Waals surface area contributed by atoms with Crippen molar-refractivity contribution in [3.63, 3.8) is 0 Å². The van der Waals surface area contributed by atoms with Crippen LogP contribution in [0.5, 0.6) is 0 Å². The summed E-state index contributed by atoms with van der Waals surface area (Å²) in [5.74, 6) is -0.659. The minimum Gasteiger partial charge on any atom is -0.481 e. The van der Waals surface area contributed by atoms with Crippen LogP contribution in [0.3, 0.4) is 0 Å². The Kier molecular flexibility index (Phi) is 19.5. The van der Waals surface area contributed by atoms with Gasteiger partial charge in [0.2, 0.25) is 0 Å². The van der Waals surface area contributed by atoms with Crippen LogP contribution in [0.25, 0.3) is 0 Å². The summed E-state index contributed by atoms with van der Waals surface area (Å²) in [6.45, 7) is 2.23. The van der Waals surface area contributed by atoms with Crippen molar-refractivity contribution < 1.29 is 25.5 Å². The fourth-order valence-corrected chi connectivity index (χ4v) is 1.59. The number of carboxylic acid groups (broad SMARTS) is 1. The summed E-state index contributed by atoms with van der Waals surface area (Å²) < 4.78 is 0. The van der Waals surface area contributed by atoms with Crippen molar-refractivity contribution in [1.82, 2.24) is 0 Å². The van der Waals surface area contributed by atoms with Crippen molar-refractivity contribution >= 4 is 5.97 Å². The van der Waals surface area contributed by atoms with Gasteiger partial charge in [0.15, 0.2) is 0 Å². The molecular weight excluding hydrogens is 224 g/mol. The maximum Gasteiger partial charge on any atom is 0.303 e. The monoisotopic (exact) mass is 250 g/mol. The van der Waals surface area contributed by atoms with Gasteiger partial charge in [0.05, 0.1) is 0 Å². The first kappa shape index (κ1) is 18.7. The topological polar surface area (TPSA) is 87.0 Å². The summed E-state index contributed by atoms with van der Waals surface area (Å²) in [5.41, 5.74) is 0. The maximum absolute atomic E-state index is 10.2. The van der Waals surface area contributed by atoms with Crippen LogP contribution in [0.2, 0.25) is 0 Å². The van der Waals surface area contributed by atoms with Crippen LogP contribution in [-0.2, 0) is 9.83 Å². The molecule has 0 unspecified atom stereocenters. The van der Waals surface area contributed by atoms with Crippen LogP contribution < -0.4 is 0 Å². The zero-order valence-electron chi connectivity index (χ0n) is 10.7. The van der Waals surface area contributed by atoms with E-state index in [1.54, 1.807) is 0 Å². The molecule has 3 N–H and O–H groups in total. The van der Waals surface area contributed by atoms with Crippen molar-refractivity contribution in [2.75, 3.05) is 0 Å². The highest BCUT2D eigenvalue weighted by molar-refractivity contribution is 5.66. The van der Waals surface area contributed by atoms with E-state index in [9.17, 15) is 4.79 Å². The van der Waals surface area contributed by atoms with E-state index >= 15 is 0 Å². The second kappa shape index (κ2) is 17.7. The number of unbranched alkanes of at least 4 members (excludes halogenated alkanes) is 8. The van der Waals surface area contributed by atoms with E-state index in [4.69, 9.17) is 15.6 Å². The minimum absolute atomic E-state index is 0.343. The number of rotatable bonds is 10. The van der Waals surface area contributed by atoms with Crippen LogP contribution in [-0.4, -0.2) is 21.6 Å². The molecule has 0 saturated heterocycles. The summed E-state index contributed by atoms with van der Waals surface area (Å²) in [7, 11) is 0. The van der Waals surface area contributed by atoms with E-state index < -0.39 is 5.97 Å². The van der Waals surface area contributed by atoms with Crippen LogP contribution in [0.1, 0.15) is 71.1 Å². The Morgan fingerprint density at radius 3 is 1.59 bits per heavy atom. The summed E-state index contributed by atoms with van der Waals surface area (Å²) >= 11 is 0. The largest absolute Gasteiger partial charge is 0.481 e. The molecule has 104 valence electrons. The second-order valence-electron chi connectivity index (χ2n) is 4.05. The lowest BCUT2D eigenvalue weighted by Crippen LogP contribution is -1.93. The lowest BCUT2D eigenvalue weighted by Gasteiger charge is -2.00. The molecule has 0 rings (SSSR count). The van der Waals surface area contributed by atoms with Crippen molar-refractivity contribution in [3.8, 4) is 0 Å². The molecule has 0 heterocycles. The number of hydrogen-bond donors (Lipinski definition) is 3. The van der Waals surface area contributed by atoms with E-state index in [1.165, 1.54) is 44.9 Å². The summed E-state index contributed by atoms with van der Waals surface area (Å²) in [6, 6.07) is 0. The third kappa shape index (κ3) is 25.5. The van der Waals surface area contributed by atoms with Gasteiger partial charge in [0.1, 0.15) is 0 Å². The quantitative estimate of drug-likeness (QED) is 0.310. The Labute approximate surface area is 103 Å². The minimum atomic E-state index is -0.659. The Balaban J connectivity index is 0. The first-order valence-electron chi connectivity index (χ1n) is 6.35. The van der Waals surface area contributed by atoms with E-state index in [0.717, 1.165) is 12.8 Å². The molecule has 0 saturated carbocycles. The fraction of sp³-hybridized carbons (Fsp3) is 0.917. The predicted octanol–water partition coefficient (Wildman–Crippen LogP) is 3.94. The maximum atomic E-state index is 10.2. The zero-order chi connectivity index (χ0) is 13.4. The van der Waals surface area contributed by atoms with Gasteiger partial charge in [0, 0.05) is 6.42 Å². The number of carbonyl (C=O) groups is 1. The molecule has 0 radical (unpaired) electrons. The SMILES string of the molecule is CCCCCCCCCCCC(=O)O.OOO. The normalized spacial score (nSPS) is 9.59. The molecule has 0 aliphatic heterocycles. The highest BCUT2D eigenvalue weighted by atomic mass is 17.4. The van der Waals surface area contributed by atoms with Crippen molar-refractivity contribution in [1.29, 1.82) is 0 Å². The van der Waals surface area contributed by atoms with Crippen molar-refractivity contribution in [3.05, 3.63) is 0 Å². The standard InChI is InChI=1S/C12H24O2.H2O3/c1-2-3-4-5-6-7-8-9-10-11-12(13)14;1-3-2/h2-11H2,1H3,(H,13,14);1-2H. The average molecular weight is 250 g/mol. The van der Waals surface area contributed by atoms with E-state index in [-0.39, 0.29) is 0 Å². The molecule has 0 bridgehead atoms. The van der Waals surface area contributed by atoms with Gasteiger partial charge in [-0.1, -0.05) is 63.3 Å². The van der Waals surface area contributed by atoms with Crippen molar-refractivity contribution in [2.24, 2.45) is 0 Å². The molecular formula is C12H26O5. The molecule has 0 aromatic rings. The van der Waals surface area contributed by atoms with E-state index in [2.05, 4.69) is 12.0 Å². The molecule has 0 aliphatic rings. The molecule has 0 aliphatic carbocycles. The van der Waals surface area contributed by atoms with Gasteiger partial charge < -0.3 is 5.11 Å². The fourth-order valence-electron chi connectivity index (χ4n) is 1.59. The molecule has 0 fully saturated rings. The lowest BCUT2D eigenvalue weighted by molar-refractivity contribution is -0.465. The Morgan fingerprint density at radius 1 is 0.882 bits per heavy atom. The second-order valence-corrected chi connectivity index (χ2v) is 4.05. The van der Waals surface area contributed by atoms with Gasteiger partial charge in [-0.15, -0.1) is 0 Å². The van der Waals surface area contributed by atoms with Gasteiger partial charge in [0.25, 0.3) is 0 Å². The molecule has 0 aromatic carbocycles. The van der Waals surface area contributed by atoms with Gasteiger partial charge in [-0.25, -0.2) is 10.5 Å². The van der Waals surface area contributed by atoms with Gasteiger partial charge >= 0.3 is 5.97 Å². The van der Waals surface area contributed by atoms with Gasteiger partial charge in [-0.05, 0) is 6.42 Å². The highest BCUT2D eigenvalue weighted by Gasteiger charge is 1.96. The smallest absolute Gasteiger partial charge is 0.303 e. The van der Waals surface area contributed by atoms with Gasteiger partial charge in [-0.3, -0.25) is 4.79 Å². The average Bonchev–Trinajstić information content (AvgIpc) is 2.27. The number of aliphatic carboxylic acids is 1. The molecule has 17 heavy (non-hydrogen) atoms. The lowest BCUT2D eigenvalue weighted by atomic mass is 10.1. The Hall–Kier alpha value is -0.650. The molecule has 5 heteroatoms. The predicted molar refractivity (Wildman–Crippen MR) is 65.8 cm³/mol. The molecule has 0 spiro atoms. The Bertz CT molecular complexity index is 150. The van der Waals surface area contributed by atoms with Crippen LogP contribution in [0.4, 0.5) is 0 Å².